The van der Waals surface area contributed by atoms with Crippen LogP contribution in [0.25, 0.3) is 0 Å². The largest absolute Gasteiger partial charge is 0.368 e. The molecule has 0 unspecified atom stereocenters. The Labute approximate surface area is 115 Å². The highest BCUT2D eigenvalue weighted by Gasteiger charge is 2.35. The quantitative estimate of drug-likeness (QED) is 0.752. The third-order valence-electron chi connectivity index (χ3n) is 3.03. The van der Waals surface area contributed by atoms with Gasteiger partial charge in [-0.2, -0.15) is 0 Å². The highest BCUT2D eigenvalue weighted by atomic mass is 79.9. The Kier molecular flexibility index (Phi) is 5.83. The normalized spacial score (nSPS) is 11.8. The molecular weight excluding hydrogens is 300 g/mol. The fraction of sp³-hybridized carbons (Fsp3) is 0.615. The Morgan fingerprint density at radius 1 is 1.41 bits per heavy atom. The summed E-state index contributed by atoms with van der Waals surface area (Å²) in [6.07, 6.45) is 1.95. The molecule has 0 bridgehead atoms. The van der Waals surface area contributed by atoms with Crippen molar-refractivity contribution in [3.63, 3.8) is 0 Å². The zero-order chi connectivity index (χ0) is 12.9. The fourth-order valence-corrected chi connectivity index (χ4v) is 3.42. The number of rotatable bonds is 7. The van der Waals surface area contributed by atoms with E-state index in [0.29, 0.717) is 13.0 Å². The third-order valence-corrected chi connectivity index (χ3v) is 4.73. The minimum atomic E-state index is -0.592. The molecule has 1 aromatic rings. The zero-order valence-electron chi connectivity index (χ0n) is 10.6. The number of hydrogen-bond donors (Lipinski definition) is 0. The lowest BCUT2D eigenvalue weighted by molar-refractivity contribution is -0.144. The van der Waals surface area contributed by atoms with Gasteiger partial charge in [-0.15, -0.1) is 11.3 Å². The molecule has 0 saturated heterocycles. The van der Waals surface area contributed by atoms with Crippen LogP contribution in [0.2, 0.25) is 0 Å². The van der Waals surface area contributed by atoms with Crippen LogP contribution in [0.4, 0.5) is 0 Å². The summed E-state index contributed by atoms with van der Waals surface area (Å²) in [6, 6.07) is 2.00. The third kappa shape index (κ3) is 3.63. The van der Waals surface area contributed by atoms with E-state index < -0.39 is 5.60 Å². The molecule has 0 aliphatic carbocycles. The van der Waals surface area contributed by atoms with Gasteiger partial charge in [0.1, 0.15) is 5.60 Å². The molecule has 0 radical (unpaired) electrons. The van der Waals surface area contributed by atoms with Crippen LogP contribution >= 0.6 is 27.3 Å². The number of carbonyl (C=O) groups excluding carboxylic acids is 1. The first-order valence-corrected chi connectivity index (χ1v) is 7.65. The van der Waals surface area contributed by atoms with E-state index in [4.69, 9.17) is 4.74 Å². The molecule has 0 spiro atoms. The summed E-state index contributed by atoms with van der Waals surface area (Å²) in [5, 5.41) is 2.00. The lowest BCUT2D eigenvalue weighted by Gasteiger charge is -2.29. The lowest BCUT2D eigenvalue weighted by atomic mass is 9.89. The van der Waals surface area contributed by atoms with Crippen molar-refractivity contribution in [1.29, 1.82) is 0 Å². The Hall–Kier alpha value is -0.190. The molecule has 1 rings (SSSR count). The number of carbonyl (C=O) groups is 1. The molecule has 2 nitrogen and oxygen atoms in total. The van der Waals surface area contributed by atoms with Crippen LogP contribution < -0.4 is 0 Å². The fourth-order valence-electron chi connectivity index (χ4n) is 1.97. The van der Waals surface area contributed by atoms with Crippen molar-refractivity contribution < 1.29 is 9.53 Å². The molecule has 0 N–H and O–H groups in total. The average molecular weight is 319 g/mol. The summed E-state index contributed by atoms with van der Waals surface area (Å²) >= 11 is 5.02. The van der Waals surface area contributed by atoms with Crippen LogP contribution in [-0.4, -0.2) is 18.0 Å². The highest BCUT2D eigenvalue weighted by Crippen LogP contribution is 2.26. The van der Waals surface area contributed by atoms with Crippen molar-refractivity contribution in [1.82, 2.24) is 0 Å². The minimum Gasteiger partial charge on any atom is -0.368 e. The van der Waals surface area contributed by atoms with Gasteiger partial charge >= 0.3 is 0 Å². The highest BCUT2D eigenvalue weighted by molar-refractivity contribution is 9.10. The molecular formula is C13H19BrO2S. The molecule has 0 aliphatic heterocycles. The van der Waals surface area contributed by atoms with Gasteiger partial charge in [0.2, 0.25) is 0 Å². The van der Waals surface area contributed by atoms with Crippen LogP contribution in [0, 0.1) is 0 Å². The smallest absolute Gasteiger partial charge is 0.169 e. The monoisotopic (exact) mass is 318 g/mol. The van der Waals surface area contributed by atoms with Gasteiger partial charge < -0.3 is 4.74 Å². The second kappa shape index (κ2) is 6.66. The number of ether oxygens (including phenoxy) is 1. The van der Waals surface area contributed by atoms with Crippen molar-refractivity contribution in [2.75, 3.05) is 6.61 Å². The van der Waals surface area contributed by atoms with Gasteiger partial charge in [0.15, 0.2) is 5.78 Å². The van der Waals surface area contributed by atoms with E-state index in [1.165, 1.54) is 0 Å². The van der Waals surface area contributed by atoms with Crippen molar-refractivity contribution in [3.05, 3.63) is 20.8 Å². The van der Waals surface area contributed by atoms with Crippen LogP contribution in [-0.2, 0) is 16.0 Å². The maximum absolute atomic E-state index is 12.4. The van der Waals surface area contributed by atoms with E-state index in [1.807, 2.05) is 32.2 Å². The van der Waals surface area contributed by atoms with Gasteiger partial charge in [0, 0.05) is 27.8 Å². The Bertz CT molecular complexity index is 369. The summed E-state index contributed by atoms with van der Waals surface area (Å²) in [7, 11) is 0. The first kappa shape index (κ1) is 14.9. The molecule has 0 saturated carbocycles. The Morgan fingerprint density at radius 2 is 2.06 bits per heavy atom. The maximum atomic E-state index is 12.4. The molecule has 0 aliphatic rings. The average Bonchev–Trinajstić information content (AvgIpc) is 2.71. The predicted octanol–water partition coefficient (Wildman–Crippen LogP) is 4.22. The number of hydrogen-bond acceptors (Lipinski definition) is 3. The van der Waals surface area contributed by atoms with E-state index in [2.05, 4.69) is 15.9 Å². The van der Waals surface area contributed by atoms with Crippen molar-refractivity contribution in [3.8, 4) is 0 Å². The summed E-state index contributed by atoms with van der Waals surface area (Å²) < 4.78 is 6.75. The van der Waals surface area contributed by atoms with E-state index >= 15 is 0 Å². The Balaban J connectivity index is 2.78. The van der Waals surface area contributed by atoms with Gasteiger partial charge in [-0.25, -0.2) is 0 Å². The summed E-state index contributed by atoms with van der Waals surface area (Å²) in [5.41, 5.74) is -0.592. The van der Waals surface area contributed by atoms with E-state index in [1.54, 1.807) is 11.3 Å². The molecule has 96 valence electrons. The molecule has 0 aromatic carbocycles. The number of ketones is 1. The van der Waals surface area contributed by atoms with E-state index in [9.17, 15) is 4.79 Å². The standard InChI is InChI=1S/C13H19BrO2S/c1-4-13(5-2,16-6-3)12(15)8-11-7-10(14)9-17-11/h7,9H,4-6,8H2,1-3H3. The topological polar surface area (TPSA) is 26.3 Å². The number of Topliss-reactive ketones (excluding diaryl/α,β-unsaturated/α-hetero) is 1. The molecule has 0 amide bonds. The van der Waals surface area contributed by atoms with Gasteiger partial charge in [-0.3, -0.25) is 4.79 Å². The van der Waals surface area contributed by atoms with Gasteiger partial charge in [-0.05, 0) is 41.8 Å². The first-order chi connectivity index (χ1) is 8.07. The predicted molar refractivity (Wildman–Crippen MR) is 75.7 cm³/mol. The number of halogens is 1. The molecule has 4 heteroatoms. The van der Waals surface area contributed by atoms with Crippen LogP contribution in [0.1, 0.15) is 38.5 Å². The maximum Gasteiger partial charge on any atom is 0.169 e. The van der Waals surface area contributed by atoms with E-state index in [0.717, 1.165) is 22.2 Å². The van der Waals surface area contributed by atoms with Crippen molar-refractivity contribution in [2.24, 2.45) is 0 Å². The summed E-state index contributed by atoms with van der Waals surface area (Å²) in [6.45, 7) is 6.55. The van der Waals surface area contributed by atoms with Gasteiger partial charge in [-0.1, -0.05) is 13.8 Å². The zero-order valence-corrected chi connectivity index (χ0v) is 13.0. The van der Waals surface area contributed by atoms with Gasteiger partial charge in [0.05, 0.1) is 0 Å². The summed E-state index contributed by atoms with van der Waals surface area (Å²) in [4.78, 5) is 13.5. The lowest BCUT2D eigenvalue weighted by Crippen LogP contribution is -2.41. The molecule has 0 fully saturated rings. The molecule has 17 heavy (non-hydrogen) atoms. The van der Waals surface area contributed by atoms with Crippen LogP contribution in [0.5, 0.6) is 0 Å². The Morgan fingerprint density at radius 3 is 2.47 bits per heavy atom. The molecule has 1 aromatic heterocycles. The molecule has 0 atom stereocenters. The SMILES string of the molecule is CCOC(CC)(CC)C(=O)Cc1cc(Br)cs1. The van der Waals surface area contributed by atoms with E-state index in [-0.39, 0.29) is 5.78 Å². The molecule has 1 heterocycles. The second-order valence-electron chi connectivity index (χ2n) is 3.97. The van der Waals surface area contributed by atoms with Crippen molar-refractivity contribution >= 4 is 33.0 Å². The van der Waals surface area contributed by atoms with Crippen LogP contribution in [0.15, 0.2) is 15.9 Å². The first-order valence-electron chi connectivity index (χ1n) is 5.98. The second-order valence-corrected chi connectivity index (χ2v) is 5.88. The van der Waals surface area contributed by atoms with Gasteiger partial charge in [0.25, 0.3) is 0 Å². The minimum absolute atomic E-state index is 0.193. The number of thiophene rings is 1. The van der Waals surface area contributed by atoms with Crippen molar-refractivity contribution in [2.45, 2.75) is 45.6 Å². The summed E-state index contributed by atoms with van der Waals surface area (Å²) in [5.74, 6) is 0.193. The van der Waals surface area contributed by atoms with Crippen LogP contribution in [0.3, 0.4) is 0 Å².